The third-order valence-electron chi connectivity index (χ3n) is 0.868. The molecule has 0 aliphatic heterocycles. The van der Waals surface area contributed by atoms with Crippen molar-refractivity contribution >= 4 is 17.7 Å². The van der Waals surface area contributed by atoms with Crippen molar-refractivity contribution in [1.29, 1.82) is 0 Å². The highest BCUT2D eigenvalue weighted by Crippen LogP contribution is 1.99. The van der Waals surface area contributed by atoms with E-state index in [1.807, 2.05) is 6.08 Å². The summed E-state index contributed by atoms with van der Waals surface area (Å²) in [5.41, 5.74) is 0. The molecule has 0 heterocycles. The first kappa shape index (κ1) is 8.76. The van der Waals surface area contributed by atoms with Crippen LogP contribution >= 0.6 is 12.6 Å². The smallest absolute Gasteiger partial charge is 0.208 e. The van der Waals surface area contributed by atoms with Crippen LogP contribution in [0.5, 0.6) is 0 Å². The van der Waals surface area contributed by atoms with Crippen LogP contribution in [-0.4, -0.2) is 5.12 Å². The van der Waals surface area contributed by atoms with Crippen molar-refractivity contribution in [3.05, 3.63) is 12.2 Å². The summed E-state index contributed by atoms with van der Waals surface area (Å²) < 4.78 is 0. The summed E-state index contributed by atoms with van der Waals surface area (Å²) in [4.78, 5) is 10.2. The standard InChI is InChI=1S/C7H12OS/c1-6(2)4-3-5-7(8)9/h3,5-6H,4H2,1-2H3,(H,8,9). The molecule has 0 saturated heterocycles. The molecule has 0 aromatic rings. The van der Waals surface area contributed by atoms with Crippen molar-refractivity contribution in [3.8, 4) is 0 Å². The second kappa shape index (κ2) is 4.62. The molecule has 2 heteroatoms. The summed E-state index contributed by atoms with van der Waals surface area (Å²) in [6, 6.07) is 0. The van der Waals surface area contributed by atoms with Crippen molar-refractivity contribution < 1.29 is 4.79 Å². The molecule has 1 nitrogen and oxygen atoms in total. The first-order chi connectivity index (χ1) is 4.13. The lowest BCUT2D eigenvalue weighted by Gasteiger charge is -1.94. The topological polar surface area (TPSA) is 17.1 Å². The molecule has 0 rings (SSSR count). The average molecular weight is 144 g/mol. The minimum Gasteiger partial charge on any atom is -0.283 e. The van der Waals surface area contributed by atoms with Gasteiger partial charge < -0.3 is 0 Å². The molecule has 0 bridgehead atoms. The van der Waals surface area contributed by atoms with Gasteiger partial charge in [0.2, 0.25) is 5.12 Å². The average Bonchev–Trinajstić information content (AvgIpc) is 1.63. The van der Waals surface area contributed by atoms with Crippen LogP contribution in [0.15, 0.2) is 12.2 Å². The monoisotopic (exact) mass is 144 g/mol. The molecule has 0 fully saturated rings. The quantitative estimate of drug-likeness (QED) is 0.474. The highest BCUT2D eigenvalue weighted by molar-refractivity contribution is 7.97. The molecule has 0 spiro atoms. The number of carbonyl (C=O) groups is 1. The predicted octanol–water partition coefficient (Wildman–Crippen LogP) is 2.05. The first-order valence-corrected chi connectivity index (χ1v) is 3.47. The van der Waals surface area contributed by atoms with Crippen LogP contribution in [0.25, 0.3) is 0 Å². The summed E-state index contributed by atoms with van der Waals surface area (Å²) in [6.45, 7) is 4.21. The Balaban J connectivity index is 3.36. The number of rotatable bonds is 3. The van der Waals surface area contributed by atoms with Crippen LogP contribution in [0.3, 0.4) is 0 Å². The molecule has 0 aliphatic carbocycles. The minimum atomic E-state index is -0.171. The SMILES string of the molecule is CC(C)CC=CC(=O)S. The van der Waals surface area contributed by atoms with Gasteiger partial charge in [-0.1, -0.05) is 19.9 Å². The molecule has 9 heavy (non-hydrogen) atoms. The number of hydrogen-bond acceptors (Lipinski definition) is 1. The molecule has 0 aromatic carbocycles. The third-order valence-corrected chi connectivity index (χ3v) is 1.02. The molecule has 52 valence electrons. The molecular formula is C7H12OS. The van der Waals surface area contributed by atoms with Gasteiger partial charge in [-0.2, -0.15) is 0 Å². The van der Waals surface area contributed by atoms with Crippen LogP contribution < -0.4 is 0 Å². The zero-order valence-corrected chi connectivity index (χ0v) is 6.69. The van der Waals surface area contributed by atoms with Crippen molar-refractivity contribution in [3.63, 3.8) is 0 Å². The van der Waals surface area contributed by atoms with Gasteiger partial charge in [0, 0.05) is 0 Å². The second-order valence-electron chi connectivity index (χ2n) is 2.37. The van der Waals surface area contributed by atoms with Crippen molar-refractivity contribution in [1.82, 2.24) is 0 Å². The van der Waals surface area contributed by atoms with E-state index in [9.17, 15) is 4.79 Å². The van der Waals surface area contributed by atoms with Crippen LogP contribution in [0, 0.1) is 5.92 Å². The maximum Gasteiger partial charge on any atom is 0.208 e. The van der Waals surface area contributed by atoms with Gasteiger partial charge in [-0.15, -0.1) is 12.6 Å². The van der Waals surface area contributed by atoms with E-state index in [0.717, 1.165) is 6.42 Å². The van der Waals surface area contributed by atoms with E-state index in [4.69, 9.17) is 0 Å². The highest BCUT2D eigenvalue weighted by atomic mass is 32.1. The van der Waals surface area contributed by atoms with Crippen LogP contribution in [-0.2, 0) is 4.79 Å². The van der Waals surface area contributed by atoms with Gasteiger partial charge in [-0.05, 0) is 18.4 Å². The van der Waals surface area contributed by atoms with Gasteiger partial charge in [0.05, 0.1) is 0 Å². The van der Waals surface area contributed by atoms with E-state index in [2.05, 4.69) is 26.5 Å². The summed E-state index contributed by atoms with van der Waals surface area (Å²) in [5.74, 6) is 0.619. The number of carbonyl (C=O) groups excluding carboxylic acids is 1. The molecule has 0 N–H and O–H groups in total. The maximum absolute atomic E-state index is 10.2. The van der Waals surface area contributed by atoms with E-state index >= 15 is 0 Å². The molecule has 0 unspecified atom stereocenters. The lowest BCUT2D eigenvalue weighted by atomic mass is 10.1. The van der Waals surface area contributed by atoms with Gasteiger partial charge in [0.25, 0.3) is 0 Å². The molecule has 0 aromatic heterocycles. The fraction of sp³-hybridized carbons (Fsp3) is 0.571. The Morgan fingerprint density at radius 1 is 1.67 bits per heavy atom. The Morgan fingerprint density at radius 2 is 2.22 bits per heavy atom. The van der Waals surface area contributed by atoms with Crippen molar-refractivity contribution in [2.24, 2.45) is 5.92 Å². The zero-order valence-electron chi connectivity index (χ0n) is 5.79. The molecular weight excluding hydrogens is 132 g/mol. The Hall–Kier alpha value is -0.240. The van der Waals surface area contributed by atoms with Gasteiger partial charge >= 0.3 is 0 Å². The van der Waals surface area contributed by atoms with Crippen molar-refractivity contribution in [2.45, 2.75) is 20.3 Å². The molecule has 0 aliphatic rings. The normalized spacial score (nSPS) is 11.1. The fourth-order valence-electron chi connectivity index (χ4n) is 0.441. The van der Waals surface area contributed by atoms with Gasteiger partial charge in [-0.25, -0.2) is 0 Å². The minimum absolute atomic E-state index is 0.171. The third kappa shape index (κ3) is 7.76. The van der Waals surface area contributed by atoms with Gasteiger partial charge in [0.15, 0.2) is 0 Å². The Labute approximate surface area is 61.6 Å². The molecule has 0 saturated carbocycles. The van der Waals surface area contributed by atoms with Crippen LogP contribution in [0.1, 0.15) is 20.3 Å². The van der Waals surface area contributed by atoms with E-state index in [1.165, 1.54) is 6.08 Å². The van der Waals surface area contributed by atoms with Crippen molar-refractivity contribution in [2.75, 3.05) is 0 Å². The summed E-state index contributed by atoms with van der Waals surface area (Å²) in [6.07, 6.45) is 4.29. The Morgan fingerprint density at radius 3 is 2.56 bits per heavy atom. The van der Waals surface area contributed by atoms with E-state index in [-0.39, 0.29) is 5.12 Å². The van der Waals surface area contributed by atoms with E-state index in [1.54, 1.807) is 0 Å². The molecule has 0 atom stereocenters. The van der Waals surface area contributed by atoms with Crippen LogP contribution in [0.4, 0.5) is 0 Å². The van der Waals surface area contributed by atoms with E-state index < -0.39 is 0 Å². The predicted molar refractivity (Wildman–Crippen MR) is 42.6 cm³/mol. The Bertz CT molecular complexity index is 116. The maximum atomic E-state index is 10.2. The largest absolute Gasteiger partial charge is 0.283 e. The first-order valence-electron chi connectivity index (χ1n) is 3.02. The number of allylic oxidation sites excluding steroid dienone is 1. The zero-order chi connectivity index (χ0) is 7.28. The summed E-state index contributed by atoms with van der Waals surface area (Å²) >= 11 is 3.57. The summed E-state index contributed by atoms with van der Waals surface area (Å²) in [7, 11) is 0. The fourth-order valence-corrected chi connectivity index (χ4v) is 0.546. The lowest BCUT2D eigenvalue weighted by Crippen LogP contribution is -1.83. The Kier molecular flexibility index (Phi) is 4.50. The summed E-state index contributed by atoms with van der Waals surface area (Å²) in [5, 5.41) is -0.171. The van der Waals surface area contributed by atoms with E-state index in [0.29, 0.717) is 5.92 Å². The number of hydrogen-bond donors (Lipinski definition) is 1. The highest BCUT2D eigenvalue weighted by Gasteiger charge is 1.87. The molecule has 0 radical (unpaired) electrons. The van der Waals surface area contributed by atoms with Gasteiger partial charge in [0.1, 0.15) is 0 Å². The second-order valence-corrected chi connectivity index (χ2v) is 2.81. The number of thiol groups is 1. The van der Waals surface area contributed by atoms with Crippen LogP contribution in [0.2, 0.25) is 0 Å². The molecule has 0 amide bonds. The lowest BCUT2D eigenvalue weighted by molar-refractivity contribution is -0.106. The van der Waals surface area contributed by atoms with Gasteiger partial charge in [-0.3, -0.25) is 4.79 Å².